The molecule has 0 fully saturated rings. The summed E-state index contributed by atoms with van der Waals surface area (Å²) >= 11 is 1.34. The number of ether oxygens (including phenoxy) is 1. The van der Waals surface area contributed by atoms with Gasteiger partial charge >= 0.3 is 6.09 Å². The van der Waals surface area contributed by atoms with E-state index in [1.54, 1.807) is 27.0 Å². The van der Waals surface area contributed by atoms with Crippen LogP contribution in [-0.2, 0) is 17.6 Å². The molecule has 2 N–H and O–H groups in total. The first kappa shape index (κ1) is 25.6. The van der Waals surface area contributed by atoms with Gasteiger partial charge in [-0.2, -0.15) is 0 Å². The van der Waals surface area contributed by atoms with E-state index in [0.29, 0.717) is 24.1 Å². The molecule has 7 heteroatoms. The van der Waals surface area contributed by atoms with Gasteiger partial charge in [0.05, 0.1) is 22.0 Å². The van der Waals surface area contributed by atoms with Gasteiger partial charge in [-0.25, -0.2) is 9.78 Å². The quantitative estimate of drug-likeness (QED) is 0.391. The van der Waals surface area contributed by atoms with Gasteiger partial charge in [0.15, 0.2) is 6.29 Å². The molecular formula is C27H32N2O4S. The average Bonchev–Trinajstić information content (AvgIpc) is 3.28. The third-order valence-electron chi connectivity index (χ3n) is 5.32. The van der Waals surface area contributed by atoms with Gasteiger partial charge in [0, 0.05) is 12.1 Å². The van der Waals surface area contributed by atoms with Crippen molar-refractivity contribution >= 4 is 23.7 Å². The Balaban J connectivity index is 1.82. The number of nitrogens with one attached hydrogen (secondary N) is 1. The highest BCUT2D eigenvalue weighted by Crippen LogP contribution is 2.30. The number of hydrogen-bond acceptors (Lipinski definition) is 6. The second-order valence-electron chi connectivity index (χ2n) is 9.35. The van der Waals surface area contributed by atoms with Crippen molar-refractivity contribution in [1.29, 1.82) is 0 Å². The van der Waals surface area contributed by atoms with Gasteiger partial charge in [-0.3, -0.25) is 4.79 Å². The molecule has 3 aromatic rings. The Morgan fingerprint density at radius 2 is 1.65 bits per heavy atom. The molecule has 34 heavy (non-hydrogen) atoms. The number of carbonyl (C=O) groups excluding carboxylic acids is 2. The summed E-state index contributed by atoms with van der Waals surface area (Å²) in [4.78, 5) is 28.8. The molecule has 0 spiro atoms. The maximum absolute atomic E-state index is 12.6. The molecule has 0 saturated heterocycles. The molecule has 180 valence electrons. The summed E-state index contributed by atoms with van der Waals surface area (Å²) in [5.74, 6) is -0.116. The van der Waals surface area contributed by atoms with Crippen LogP contribution in [0.1, 0.15) is 58.9 Å². The fourth-order valence-corrected chi connectivity index (χ4v) is 4.63. The second kappa shape index (κ2) is 11.9. The lowest BCUT2D eigenvalue weighted by Crippen LogP contribution is -2.47. The van der Waals surface area contributed by atoms with Gasteiger partial charge in [-0.1, -0.05) is 60.7 Å². The van der Waals surface area contributed by atoms with Crippen LogP contribution in [0.2, 0.25) is 0 Å². The van der Waals surface area contributed by atoms with Crippen LogP contribution in [0.3, 0.4) is 0 Å². The van der Waals surface area contributed by atoms with Crippen LogP contribution in [0.15, 0.2) is 66.9 Å². The molecule has 1 amide bonds. The molecule has 3 rings (SSSR count). The van der Waals surface area contributed by atoms with E-state index in [2.05, 4.69) is 10.3 Å². The lowest BCUT2D eigenvalue weighted by molar-refractivity contribution is 0.0405. The van der Waals surface area contributed by atoms with Crippen molar-refractivity contribution < 1.29 is 19.4 Å². The number of nitrogens with zero attached hydrogens (tertiary/aromatic N) is 1. The van der Waals surface area contributed by atoms with E-state index in [0.717, 1.165) is 22.4 Å². The van der Waals surface area contributed by atoms with Crippen molar-refractivity contribution in [3.8, 4) is 0 Å². The number of benzene rings is 2. The number of carbonyl (C=O) groups is 2. The predicted molar refractivity (Wildman–Crippen MR) is 134 cm³/mol. The summed E-state index contributed by atoms with van der Waals surface area (Å²) in [6, 6.07) is 19.2. The van der Waals surface area contributed by atoms with E-state index in [1.165, 1.54) is 11.3 Å². The van der Waals surface area contributed by atoms with Crippen LogP contribution in [0, 0.1) is 0 Å². The number of rotatable bonds is 10. The number of amides is 1. The van der Waals surface area contributed by atoms with Crippen LogP contribution >= 0.6 is 11.3 Å². The lowest BCUT2D eigenvalue weighted by Gasteiger charge is -2.29. The second-order valence-corrected chi connectivity index (χ2v) is 10.4. The first-order valence-corrected chi connectivity index (χ1v) is 12.2. The molecule has 0 aliphatic heterocycles. The Labute approximate surface area is 205 Å². The summed E-state index contributed by atoms with van der Waals surface area (Å²) in [5, 5.41) is 15.0. The van der Waals surface area contributed by atoms with Gasteiger partial charge < -0.3 is 15.2 Å². The Morgan fingerprint density at radius 1 is 1.06 bits per heavy atom. The Kier molecular flexibility index (Phi) is 8.96. The minimum Gasteiger partial charge on any atom is -0.444 e. The third kappa shape index (κ3) is 8.08. The van der Waals surface area contributed by atoms with Crippen molar-refractivity contribution in [3.05, 3.63) is 87.9 Å². The van der Waals surface area contributed by atoms with Gasteiger partial charge in [-0.05, 0) is 51.2 Å². The zero-order chi connectivity index (χ0) is 24.6. The number of hydrogen-bond donors (Lipinski definition) is 2. The highest BCUT2D eigenvalue weighted by Gasteiger charge is 2.29. The molecule has 3 unspecified atom stereocenters. The smallest absolute Gasteiger partial charge is 0.407 e. The van der Waals surface area contributed by atoms with E-state index >= 15 is 0 Å². The number of alkyl carbamates (subject to hydrolysis) is 1. The molecule has 0 aliphatic rings. The topological polar surface area (TPSA) is 88.5 Å². The fraction of sp³-hybridized carbons (Fsp3) is 0.370. The maximum Gasteiger partial charge on any atom is 0.407 e. The maximum atomic E-state index is 12.6. The fourth-order valence-electron chi connectivity index (χ4n) is 3.78. The molecule has 0 radical (unpaired) electrons. The molecule has 0 aliphatic carbocycles. The zero-order valence-electron chi connectivity index (χ0n) is 19.8. The van der Waals surface area contributed by atoms with Crippen molar-refractivity contribution in [2.75, 3.05) is 0 Å². The van der Waals surface area contributed by atoms with Gasteiger partial charge in [0.25, 0.3) is 0 Å². The molecule has 0 bridgehead atoms. The first-order chi connectivity index (χ1) is 16.2. The van der Waals surface area contributed by atoms with Crippen LogP contribution in [0.25, 0.3) is 0 Å². The molecule has 1 heterocycles. The predicted octanol–water partition coefficient (Wildman–Crippen LogP) is 5.17. The minimum absolute atomic E-state index is 0.116. The van der Waals surface area contributed by atoms with E-state index in [9.17, 15) is 14.7 Å². The van der Waals surface area contributed by atoms with Crippen LogP contribution < -0.4 is 5.32 Å². The molecular weight excluding hydrogens is 448 g/mol. The molecule has 1 aromatic heterocycles. The van der Waals surface area contributed by atoms with Gasteiger partial charge in [0.2, 0.25) is 0 Å². The van der Waals surface area contributed by atoms with Gasteiger partial charge in [0.1, 0.15) is 5.60 Å². The summed E-state index contributed by atoms with van der Waals surface area (Å²) in [6.07, 6.45) is 2.42. The van der Waals surface area contributed by atoms with E-state index < -0.39 is 23.8 Å². The molecule has 0 saturated carbocycles. The molecule has 2 aromatic carbocycles. The van der Waals surface area contributed by atoms with Crippen LogP contribution in [0.4, 0.5) is 4.79 Å². The number of thiazole rings is 1. The standard InChI is InChI=1S/C27H32N2O4S/c1-27(2,3)33-26(32)29-23(15-20-12-8-5-9-13-20)24(31)16-21(14-19-10-6-4-7-11-19)25-28-17-22(18-30)34-25/h4-13,17-18,21,23-24,31H,14-16H2,1-3H3,(H,29,32). The van der Waals surface area contributed by atoms with Crippen molar-refractivity contribution in [2.45, 2.75) is 63.7 Å². The van der Waals surface area contributed by atoms with Gasteiger partial charge in [-0.15, -0.1) is 11.3 Å². The largest absolute Gasteiger partial charge is 0.444 e. The lowest BCUT2D eigenvalue weighted by atomic mass is 9.89. The summed E-state index contributed by atoms with van der Waals surface area (Å²) < 4.78 is 5.45. The van der Waals surface area contributed by atoms with Crippen LogP contribution in [0.5, 0.6) is 0 Å². The van der Waals surface area contributed by atoms with E-state index in [4.69, 9.17) is 4.74 Å². The number of aldehydes is 1. The number of aromatic nitrogens is 1. The highest BCUT2D eigenvalue weighted by atomic mass is 32.1. The normalized spacial score (nSPS) is 14.1. The monoisotopic (exact) mass is 480 g/mol. The zero-order valence-corrected chi connectivity index (χ0v) is 20.6. The summed E-state index contributed by atoms with van der Waals surface area (Å²) in [7, 11) is 0. The summed E-state index contributed by atoms with van der Waals surface area (Å²) in [6.45, 7) is 5.41. The first-order valence-electron chi connectivity index (χ1n) is 11.4. The Hall–Kier alpha value is -3.03. The minimum atomic E-state index is -0.856. The molecule has 3 atom stereocenters. The number of aliphatic hydroxyl groups excluding tert-OH is 1. The molecule has 6 nitrogen and oxygen atoms in total. The Morgan fingerprint density at radius 3 is 2.18 bits per heavy atom. The van der Waals surface area contributed by atoms with E-state index in [1.807, 2.05) is 60.7 Å². The Bertz CT molecular complexity index is 1050. The van der Waals surface area contributed by atoms with E-state index in [-0.39, 0.29) is 5.92 Å². The van der Waals surface area contributed by atoms with Crippen molar-refractivity contribution in [1.82, 2.24) is 10.3 Å². The third-order valence-corrected chi connectivity index (χ3v) is 6.41. The summed E-state index contributed by atoms with van der Waals surface area (Å²) in [5.41, 5.74) is 1.47. The number of aliphatic hydroxyl groups is 1. The highest BCUT2D eigenvalue weighted by molar-refractivity contribution is 7.13. The average molecular weight is 481 g/mol. The van der Waals surface area contributed by atoms with Crippen LogP contribution in [-0.4, -0.2) is 40.2 Å². The van der Waals surface area contributed by atoms with Crippen molar-refractivity contribution in [2.24, 2.45) is 0 Å². The SMILES string of the molecule is CC(C)(C)OC(=O)NC(Cc1ccccc1)C(O)CC(Cc1ccccc1)c1ncc(C=O)s1. The van der Waals surface area contributed by atoms with Crippen molar-refractivity contribution in [3.63, 3.8) is 0 Å².